The van der Waals surface area contributed by atoms with Gasteiger partial charge in [0, 0.05) is 53.4 Å². The van der Waals surface area contributed by atoms with Crippen molar-refractivity contribution in [2.75, 3.05) is 18.0 Å². The normalized spacial score (nSPS) is 19.2. The number of rotatable bonds is 5. The number of halogens is 3. The lowest BCUT2D eigenvalue weighted by Crippen LogP contribution is -2.50. The average Bonchev–Trinajstić information content (AvgIpc) is 3.46. The van der Waals surface area contributed by atoms with Crippen LogP contribution in [0.2, 0.25) is 10.0 Å². The van der Waals surface area contributed by atoms with Crippen molar-refractivity contribution in [2.45, 2.75) is 57.4 Å². The molecule has 1 spiro atoms. The van der Waals surface area contributed by atoms with Gasteiger partial charge in [-0.05, 0) is 63.8 Å². The van der Waals surface area contributed by atoms with Crippen LogP contribution in [0.15, 0.2) is 48.8 Å². The van der Waals surface area contributed by atoms with Gasteiger partial charge in [-0.25, -0.2) is 14.4 Å². The van der Waals surface area contributed by atoms with Gasteiger partial charge in [0.25, 0.3) is 0 Å². The van der Waals surface area contributed by atoms with Crippen molar-refractivity contribution in [2.24, 2.45) is 5.41 Å². The largest absolute Gasteiger partial charge is 0.598 e. The summed E-state index contributed by atoms with van der Waals surface area (Å²) in [5.74, 6) is 1.03. The van der Waals surface area contributed by atoms with Crippen LogP contribution in [0, 0.1) is 11.2 Å². The van der Waals surface area contributed by atoms with Gasteiger partial charge >= 0.3 is 0 Å². The van der Waals surface area contributed by atoms with Gasteiger partial charge in [-0.1, -0.05) is 41.4 Å². The predicted octanol–water partition coefficient (Wildman–Crippen LogP) is 6.27. The molecule has 2 aliphatic rings. The van der Waals surface area contributed by atoms with E-state index in [0.29, 0.717) is 57.1 Å². The fourth-order valence-corrected chi connectivity index (χ4v) is 7.57. The molecule has 1 aliphatic carbocycles. The summed E-state index contributed by atoms with van der Waals surface area (Å²) in [5, 5.41) is 11.1. The maximum atomic E-state index is 15.2. The van der Waals surface area contributed by atoms with Crippen LogP contribution in [0.25, 0.3) is 16.9 Å². The van der Waals surface area contributed by atoms with Crippen molar-refractivity contribution < 1.29 is 14.0 Å². The molecule has 3 heterocycles. The van der Waals surface area contributed by atoms with Gasteiger partial charge in [0.2, 0.25) is 0 Å². The Labute approximate surface area is 252 Å². The van der Waals surface area contributed by atoms with Gasteiger partial charge in [-0.3, -0.25) is 4.40 Å². The SMILES string of the molecule is CC(C)(C)[S+]([O-])NC1c2c(F)cccc2CC12CCN(c1nccn3c(-c4cccc(Cl)c4Cl)nc(CO)c13)CC2. The summed E-state index contributed by atoms with van der Waals surface area (Å²) in [5.41, 5.74) is 3.20. The van der Waals surface area contributed by atoms with E-state index in [0.717, 1.165) is 24.8 Å². The van der Waals surface area contributed by atoms with Crippen LogP contribution in [0.1, 0.15) is 56.5 Å². The lowest BCUT2D eigenvalue weighted by atomic mass is 9.73. The molecule has 6 rings (SSSR count). The highest BCUT2D eigenvalue weighted by Crippen LogP contribution is 2.53. The fourth-order valence-electron chi connectivity index (χ4n) is 6.25. The Bertz CT molecular complexity index is 1620. The first-order chi connectivity index (χ1) is 19.5. The van der Waals surface area contributed by atoms with Gasteiger partial charge in [-0.2, -0.15) is 0 Å². The molecular weight excluding hydrogens is 584 g/mol. The van der Waals surface area contributed by atoms with Gasteiger partial charge in [-0.15, -0.1) is 4.72 Å². The van der Waals surface area contributed by atoms with Crippen LogP contribution >= 0.6 is 23.2 Å². The quantitative estimate of drug-likeness (QED) is 0.257. The molecule has 11 heteroatoms. The molecule has 2 aromatic heterocycles. The summed E-state index contributed by atoms with van der Waals surface area (Å²) < 4.78 is 33.2. The lowest BCUT2D eigenvalue weighted by Gasteiger charge is -2.44. The summed E-state index contributed by atoms with van der Waals surface area (Å²) in [7, 11) is 0. The Hall–Kier alpha value is -2.40. The maximum absolute atomic E-state index is 15.2. The molecule has 7 nitrogen and oxygen atoms in total. The Morgan fingerprint density at radius 3 is 2.61 bits per heavy atom. The van der Waals surface area contributed by atoms with Crippen molar-refractivity contribution in [3.63, 3.8) is 0 Å². The molecule has 0 amide bonds. The van der Waals surface area contributed by atoms with Crippen LogP contribution in [-0.4, -0.2) is 41.9 Å². The first kappa shape index (κ1) is 28.7. The van der Waals surface area contributed by atoms with Crippen LogP contribution in [0.3, 0.4) is 0 Å². The van der Waals surface area contributed by atoms with Crippen molar-refractivity contribution in [1.29, 1.82) is 0 Å². The highest BCUT2D eigenvalue weighted by Gasteiger charge is 2.51. The van der Waals surface area contributed by atoms with E-state index in [1.54, 1.807) is 24.5 Å². The van der Waals surface area contributed by atoms with Crippen LogP contribution in [0.4, 0.5) is 10.2 Å². The number of aliphatic hydroxyl groups is 1. The predicted molar refractivity (Wildman–Crippen MR) is 162 cm³/mol. The molecule has 0 bridgehead atoms. The first-order valence-corrected chi connectivity index (χ1v) is 15.6. The van der Waals surface area contributed by atoms with Crippen LogP contribution < -0.4 is 9.62 Å². The summed E-state index contributed by atoms with van der Waals surface area (Å²) in [6, 6.07) is 10.3. The van der Waals surface area contributed by atoms with Gasteiger partial charge < -0.3 is 14.6 Å². The number of fused-ring (bicyclic) bond motifs is 2. The summed E-state index contributed by atoms with van der Waals surface area (Å²) in [6.07, 6.45) is 5.74. The minimum Gasteiger partial charge on any atom is -0.598 e. The highest BCUT2D eigenvalue weighted by molar-refractivity contribution is 7.90. The Kier molecular flexibility index (Phi) is 7.49. The second-order valence-electron chi connectivity index (χ2n) is 11.9. The van der Waals surface area contributed by atoms with Crippen LogP contribution in [0.5, 0.6) is 0 Å². The number of nitrogens with one attached hydrogen (secondary N) is 1. The van der Waals surface area contributed by atoms with Gasteiger partial charge in [0.1, 0.15) is 21.9 Å². The molecule has 2 atom stereocenters. The third kappa shape index (κ3) is 4.90. The summed E-state index contributed by atoms with van der Waals surface area (Å²) >= 11 is 11.5. The van der Waals surface area contributed by atoms with E-state index in [-0.39, 0.29) is 23.9 Å². The third-order valence-electron chi connectivity index (χ3n) is 8.38. The van der Waals surface area contributed by atoms with E-state index >= 15 is 4.39 Å². The summed E-state index contributed by atoms with van der Waals surface area (Å²) in [6.45, 7) is 6.81. The van der Waals surface area contributed by atoms with E-state index in [1.165, 1.54) is 6.07 Å². The number of hydrogen-bond donors (Lipinski definition) is 2. The fraction of sp³-hybridized carbons (Fsp3) is 0.400. The smallest absolute Gasteiger partial charge is 0.154 e. The number of nitrogens with zero attached hydrogens (tertiary/aromatic N) is 4. The van der Waals surface area contributed by atoms with Gasteiger partial charge in [0.05, 0.1) is 28.4 Å². The molecule has 2 aromatic carbocycles. The minimum atomic E-state index is -1.36. The molecule has 1 aliphatic heterocycles. The van der Waals surface area contributed by atoms with Crippen molar-refractivity contribution in [3.8, 4) is 11.4 Å². The second kappa shape index (κ2) is 10.7. The number of aliphatic hydroxyl groups excluding tert-OH is 1. The topological polar surface area (TPSA) is 88.8 Å². The zero-order valence-electron chi connectivity index (χ0n) is 23.1. The van der Waals surface area contributed by atoms with E-state index in [9.17, 15) is 9.66 Å². The third-order valence-corrected chi connectivity index (χ3v) is 10.8. The summed E-state index contributed by atoms with van der Waals surface area (Å²) in [4.78, 5) is 11.7. The molecule has 1 fully saturated rings. The molecule has 4 aromatic rings. The van der Waals surface area contributed by atoms with Crippen molar-refractivity contribution >= 4 is 45.9 Å². The van der Waals surface area contributed by atoms with Crippen LogP contribution in [-0.2, 0) is 24.4 Å². The number of benzene rings is 2. The maximum Gasteiger partial charge on any atom is 0.154 e. The number of imidazole rings is 1. The Morgan fingerprint density at radius 1 is 1.17 bits per heavy atom. The molecule has 1 saturated heterocycles. The van der Waals surface area contributed by atoms with E-state index in [2.05, 4.69) is 9.62 Å². The number of piperidine rings is 1. The number of aromatic nitrogens is 3. The van der Waals surface area contributed by atoms with Crippen molar-refractivity contribution in [1.82, 2.24) is 19.1 Å². The molecule has 0 radical (unpaired) electrons. The Balaban J connectivity index is 1.35. The molecular formula is C30H32Cl2FN5O2S. The number of anilines is 1. The van der Waals surface area contributed by atoms with Gasteiger partial charge in [0.15, 0.2) is 5.82 Å². The molecule has 2 unspecified atom stereocenters. The molecule has 2 N–H and O–H groups in total. The monoisotopic (exact) mass is 615 g/mol. The Morgan fingerprint density at radius 2 is 1.90 bits per heavy atom. The standard InChI is InChI=1S/C30H32Cl2FN5O2S/c1-29(2,3)41(40)36-26-23-18(6-4-9-21(23)33)16-30(26)10-13-37(14-11-30)28-25-22(17-39)35-27(38(25)15-12-34-28)19-7-5-8-20(31)24(19)32/h4-9,12,15,26,36,39H,10-11,13-14,16-17H2,1-3H3. The number of hydrogen-bond acceptors (Lipinski definition) is 6. The average molecular weight is 617 g/mol. The van der Waals surface area contributed by atoms with E-state index in [4.69, 9.17) is 33.2 Å². The van der Waals surface area contributed by atoms with E-state index in [1.807, 2.05) is 43.4 Å². The minimum absolute atomic E-state index is 0.254. The zero-order valence-corrected chi connectivity index (χ0v) is 25.5. The molecule has 41 heavy (non-hydrogen) atoms. The lowest BCUT2D eigenvalue weighted by molar-refractivity contribution is 0.174. The second-order valence-corrected chi connectivity index (χ2v) is 14.7. The zero-order chi connectivity index (χ0) is 29.1. The van der Waals surface area contributed by atoms with Crippen molar-refractivity contribution in [3.05, 3.63) is 81.5 Å². The molecule has 0 saturated carbocycles. The van der Waals surface area contributed by atoms with E-state index < -0.39 is 16.1 Å². The molecule has 216 valence electrons. The first-order valence-electron chi connectivity index (χ1n) is 13.7. The highest BCUT2D eigenvalue weighted by atomic mass is 35.5.